The van der Waals surface area contributed by atoms with Crippen LogP contribution in [0.2, 0.25) is 0 Å². The van der Waals surface area contributed by atoms with Gasteiger partial charge in [0.1, 0.15) is 0 Å². The Morgan fingerprint density at radius 2 is 1.33 bits per heavy atom. The molecule has 0 bridgehead atoms. The highest BCUT2D eigenvalue weighted by molar-refractivity contribution is 14.1. The maximum atomic E-state index is 2.35. The smallest absolute Gasteiger partial charge is 0.0274 e. The normalized spacial score (nSPS) is 11.9. The number of hydrogen-bond acceptors (Lipinski definition) is 0. The predicted molar refractivity (Wildman–Crippen MR) is 79.5 cm³/mol. The second kappa shape index (κ2) is 14.2. The minimum atomic E-state index is 1.19. The van der Waals surface area contributed by atoms with Crippen LogP contribution in [0.4, 0.5) is 0 Å². The van der Waals surface area contributed by atoms with E-state index in [1.165, 1.54) is 57.8 Å². The van der Waals surface area contributed by atoms with Gasteiger partial charge in [0, 0.05) is 0 Å². The summed E-state index contributed by atoms with van der Waals surface area (Å²) in [6, 6.07) is 0. The third kappa shape index (κ3) is 14.2. The first-order chi connectivity index (χ1) is 7.41. The number of halogens is 1. The van der Waals surface area contributed by atoms with Gasteiger partial charge in [0.25, 0.3) is 0 Å². The van der Waals surface area contributed by atoms with Crippen molar-refractivity contribution in [2.75, 3.05) is 0 Å². The van der Waals surface area contributed by atoms with Gasteiger partial charge in [-0.25, -0.2) is 0 Å². The summed E-state index contributed by atoms with van der Waals surface area (Å²) in [5.74, 6) is 0. The highest BCUT2D eigenvalue weighted by Gasteiger charge is 1.87. The molecule has 0 rings (SSSR count). The lowest BCUT2D eigenvalue weighted by Crippen LogP contribution is -1.77. The van der Waals surface area contributed by atoms with E-state index < -0.39 is 0 Å². The monoisotopic (exact) mass is 320 g/mol. The zero-order valence-corrected chi connectivity index (χ0v) is 12.2. The van der Waals surface area contributed by atoms with Crippen molar-refractivity contribution in [1.29, 1.82) is 0 Å². The van der Waals surface area contributed by atoms with Gasteiger partial charge in [0.2, 0.25) is 0 Å². The zero-order chi connectivity index (χ0) is 11.2. The Morgan fingerprint density at radius 3 is 2.07 bits per heavy atom. The highest BCUT2D eigenvalue weighted by atomic mass is 127. The Morgan fingerprint density at radius 1 is 0.733 bits per heavy atom. The fraction of sp³-hybridized carbons (Fsp3) is 0.714. The molecule has 15 heavy (non-hydrogen) atoms. The summed E-state index contributed by atoms with van der Waals surface area (Å²) in [6.07, 6.45) is 19.0. The molecule has 0 saturated carbocycles. The molecule has 0 fully saturated rings. The molecule has 0 aromatic heterocycles. The molecule has 0 spiro atoms. The van der Waals surface area contributed by atoms with Crippen LogP contribution in [-0.2, 0) is 0 Å². The Labute approximate surface area is 109 Å². The van der Waals surface area contributed by atoms with E-state index in [9.17, 15) is 0 Å². The zero-order valence-electron chi connectivity index (χ0n) is 10.1. The molecule has 0 saturated heterocycles. The van der Waals surface area contributed by atoms with Crippen molar-refractivity contribution in [3.63, 3.8) is 0 Å². The Hall–Kier alpha value is 0.210. The summed E-state index contributed by atoms with van der Waals surface area (Å²) in [5.41, 5.74) is 0. The van der Waals surface area contributed by atoms with Crippen LogP contribution in [-0.4, -0.2) is 0 Å². The second-order valence-electron chi connectivity index (χ2n) is 3.97. The summed E-state index contributed by atoms with van der Waals surface area (Å²) in [7, 11) is 0. The largest absolute Gasteiger partial charge is 0.0885 e. The molecular weight excluding hydrogens is 295 g/mol. The van der Waals surface area contributed by atoms with Gasteiger partial charge in [-0.15, -0.1) is 0 Å². The van der Waals surface area contributed by atoms with Crippen LogP contribution in [0.25, 0.3) is 0 Å². The van der Waals surface area contributed by atoms with E-state index in [0.717, 1.165) is 0 Å². The van der Waals surface area contributed by atoms with E-state index >= 15 is 0 Å². The predicted octanol–water partition coefficient (Wildman–Crippen LogP) is 6.02. The first-order valence-corrected chi connectivity index (χ1v) is 7.56. The molecule has 0 nitrogen and oxygen atoms in total. The average molecular weight is 320 g/mol. The van der Waals surface area contributed by atoms with E-state index in [0.29, 0.717) is 0 Å². The molecular formula is C14H25I. The van der Waals surface area contributed by atoms with E-state index in [1.807, 2.05) is 0 Å². The minimum absolute atomic E-state index is 1.19. The third-order valence-corrected chi connectivity index (χ3v) is 2.99. The van der Waals surface area contributed by atoms with Gasteiger partial charge in [0.15, 0.2) is 0 Å². The lowest BCUT2D eigenvalue weighted by atomic mass is 10.1. The van der Waals surface area contributed by atoms with Crippen LogP contribution in [0.15, 0.2) is 22.3 Å². The molecule has 0 radical (unpaired) electrons. The minimum Gasteiger partial charge on any atom is -0.0885 e. The lowest BCUT2D eigenvalue weighted by molar-refractivity contribution is 0.611. The molecule has 0 aromatic carbocycles. The van der Waals surface area contributed by atoms with Crippen molar-refractivity contribution >= 4 is 22.6 Å². The van der Waals surface area contributed by atoms with Gasteiger partial charge < -0.3 is 0 Å². The third-order valence-electron chi connectivity index (χ3n) is 2.48. The summed E-state index contributed by atoms with van der Waals surface area (Å²) in [5, 5.41) is 0. The van der Waals surface area contributed by atoms with Gasteiger partial charge in [-0.3, -0.25) is 0 Å². The Bertz CT molecular complexity index is 159. The topological polar surface area (TPSA) is 0 Å². The summed E-state index contributed by atoms with van der Waals surface area (Å²) >= 11 is 2.27. The molecule has 0 N–H and O–H groups in total. The van der Waals surface area contributed by atoms with Gasteiger partial charge in [-0.1, -0.05) is 79.8 Å². The average Bonchev–Trinajstić information content (AvgIpc) is 2.26. The molecule has 0 aliphatic heterocycles. The van der Waals surface area contributed by atoms with Crippen molar-refractivity contribution in [1.82, 2.24) is 0 Å². The molecule has 0 aliphatic rings. The molecule has 88 valence electrons. The SMILES string of the molecule is CCCCCCCC/C=C\CC/C=C/I. The standard InChI is InChI=1S/C14H25I/c1-2-3-4-5-6-7-8-9-10-11-12-13-14-15/h9-10,13-14H,2-8,11-12H2,1H3/b10-9-,14-13+. The van der Waals surface area contributed by atoms with Gasteiger partial charge in [0.05, 0.1) is 0 Å². The van der Waals surface area contributed by atoms with Crippen LogP contribution < -0.4 is 0 Å². The molecule has 1 heteroatoms. The van der Waals surface area contributed by atoms with E-state index in [4.69, 9.17) is 0 Å². The number of unbranched alkanes of at least 4 members (excludes halogenated alkanes) is 7. The van der Waals surface area contributed by atoms with Crippen molar-refractivity contribution < 1.29 is 0 Å². The van der Waals surface area contributed by atoms with Gasteiger partial charge >= 0.3 is 0 Å². The van der Waals surface area contributed by atoms with Crippen LogP contribution in [0.1, 0.15) is 64.7 Å². The van der Waals surface area contributed by atoms with Crippen molar-refractivity contribution in [2.45, 2.75) is 64.7 Å². The number of allylic oxidation sites excluding steroid dienone is 3. The van der Waals surface area contributed by atoms with E-state index in [2.05, 4.69) is 51.8 Å². The van der Waals surface area contributed by atoms with Gasteiger partial charge in [-0.05, 0) is 29.8 Å². The summed E-state index contributed by atoms with van der Waals surface area (Å²) < 4.78 is 2.10. The maximum absolute atomic E-state index is 2.35. The molecule has 0 heterocycles. The fourth-order valence-electron chi connectivity index (χ4n) is 1.53. The fourth-order valence-corrected chi connectivity index (χ4v) is 1.89. The van der Waals surface area contributed by atoms with Crippen LogP contribution >= 0.6 is 22.6 Å². The Kier molecular flexibility index (Phi) is 14.4. The van der Waals surface area contributed by atoms with Crippen LogP contribution in [0.5, 0.6) is 0 Å². The number of rotatable bonds is 10. The maximum Gasteiger partial charge on any atom is -0.0274 e. The first kappa shape index (κ1) is 15.2. The van der Waals surface area contributed by atoms with Crippen molar-refractivity contribution in [3.05, 3.63) is 22.3 Å². The van der Waals surface area contributed by atoms with E-state index in [-0.39, 0.29) is 0 Å². The molecule has 0 atom stereocenters. The summed E-state index contributed by atoms with van der Waals surface area (Å²) in [4.78, 5) is 0. The second-order valence-corrected chi connectivity index (χ2v) is 4.69. The van der Waals surface area contributed by atoms with Crippen LogP contribution in [0, 0.1) is 0 Å². The first-order valence-electron chi connectivity index (χ1n) is 6.32. The molecule has 0 unspecified atom stereocenters. The molecule has 0 aromatic rings. The highest BCUT2D eigenvalue weighted by Crippen LogP contribution is 2.07. The van der Waals surface area contributed by atoms with Gasteiger partial charge in [-0.2, -0.15) is 0 Å². The van der Waals surface area contributed by atoms with Crippen molar-refractivity contribution in [2.24, 2.45) is 0 Å². The quantitative estimate of drug-likeness (QED) is 0.262. The Balaban J connectivity index is 3.03. The van der Waals surface area contributed by atoms with E-state index in [1.54, 1.807) is 0 Å². The summed E-state index contributed by atoms with van der Waals surface area (Å²) in [6.45, 7) is 2.27. The number of hydrogen-bond donors (Lipinski definition) is 0. The van der Waals surface area contributed by atoms with Crippen LogP contribution in [0.3, 0.4) is 0 Å². The van der Waals surface area contributed by atoms with Crippen molar-refractivity contribution in [3.8, 4) is 0 Å². The molecule has 0 aliphatic carbocycles. The molecule has 0 amide bonds. The lowest BCUT2D eigenvalue weighted by Gasteiger charge is -1.97.